The topological polar surface area (TPSA) is 52.0 Å². The first-order valence-electron chi connectivity index (χ1n) is 12.1. The summed E-state index contributed by atoms with van der Waals surface area (Å²) in [4.78, 5) is 30.1. The fourth-order valence-electron chi connectivity index (χ4n) is 5.23. The second kappa shape index (κ2) is 10.0. The molecule has 2 aromatic heterocycles. The minimum Gasteiger partial charge on any atom is -0.321 e. The van der Waals surface area contributed by atoms with Crippen molar-refractivity contribution in [2.75, 3.05) is 0 Å². The maximum atomic E-state index is 15.0. The highest BCUT2D eigenvalue weighted by Gasteiger charge is 2.29. The fourth-order valence-corrected chi connectivity index (χ4v) is 5.91. The van der Waals surface area contributed by atoms with Gasteiger partial charge in [0, 0.05) is 30.5 Å². The van der Waals surface area contributed by atoms with E-state index in [0.29, 0.717) is 40.1 Å². The number of Topliss-reactive ketones (excluding diaryl/α,β-unsaturated/α-hetero) is 2. The Morgan fingerprint density at radius 2 is 1.89 bits per heavy atom. The van der Waals surface area contributed by atoms with Gasteiger partial charge in [0.05, 0.1) is 21.5 Å². The van der Waals surface area contributed by atoms with Crippen LogP contribution in [-0.2, 0) is 0 Å². The van der Waals surface area contributed by atoms with Crippen molar-refractivity contribution < 1.29 is 22.8 Å². The van der Waals surface area contributed by atoms with E-state index in [1.54, 1.807) is 19.1 Å². The van der Waals surface area contributed by atoms with Crippen LogP contribution < -0.4 is 0 Å². The minimum atomic E-state index is -0.608. The molecule has 0 N–H and O–H groups in total. The van der Waals surface area contributed by atoms with Crippen molar-refractivity contribution in [1.29, 1.82) is 0 Å². The number of benzene rings is 2. The number of aromatic nitrogens is 2. The Bertz CT molecular complexity index is 1460. The zero-order valence-corrected chi connectivity index (χ0v) is 20.6. The van der Waals surface area contributed by atoms with E-state index in [1.165, 1.54) is 36.4 Å². The Morgan fingerprint density at radius 1 is 1.06 bits per heavy atom. The van der Waals surface area contributed by atoms with Gasteiger partial charge >= 0.3 is 0 Å². The van der Waals surface area contributed by atoms with E-state index >= 15 is 4.39 Å². The van der Waals surface area contributed by atoms with Crippen molar-refractivity contribution in [3.8, 4) is 11.4 Å². The highest BCUT2D eigenvalue weighted by atomic mass is 32.1. The Kier molecular flexibility index (Phi) is 6.79. The SMILES string of the molecule is CCC(=O)c1cc2nc(-c3cccc(F)c3)n(C3CCC[C@@H](CC(=O)c4ccc(F)s4)C3)c2cc1F. The summed E-state index contributed by atoms with van der Waals surface area (Å²) < 4.78 is 44.5. The van der Waals surface area contributed by atoms with Gasteiger partial charge in [-0.2, -0.15) is 4.39 Å². The molecule has 0 bridgehead atoms. The summed E-state index contributed by atoms with van der Waals surface area (Å²) in [6.07, 6.45) is 3.66. The number of carbonyl (C=O) groups excluding carboxylic acids is 2. The highest BCUT2D eigenvalue weighted by Crippen LogP contribution is 2.40. The minimum absolute atomic E-state index is 0.00394. The molecule has 4 nitrogen and oxygen atoms in total. The molecule has 186 valence electrons. The van der Waals surface area contributed by atoms with Crippen LogP contribution in [0.2, 0.25) is 0 Å². The van der Waals surface area contributed by atoms with Gasteiger partial charge in [-0.25, -0.2) is 13.8 Å². The van der Waals surface area contributed by atoms with E-state index < -0.39 is 11.6 Å². The number of hydrogen-bond acceptors (Lipinski definition) is 4. The molecule has 0 radical (unpaired) electrons. The van der Waals surface area contributed by atoms with Crippen molar-refractivity contribution >= 4 is 33.9 Å². The van der Waals surface area contributed by atoms with Crippen molar-refractivity contribution in [2.45, 2.75) is 51.5 Å². The summed E-state index contributed by atoms with van der Waals surface area (Å²) >= 11 is 0.857. The van der Waals surface area contributed by atoms with E-state index in [-0.39, 0.29) is 40.6 Å². The van der Waals surface area contributed by atoms with Gasteiger partial charge in [0.2, 0.25) is 0 Å². The standard InChI is InChI=1S/C28H25F3N2O2S/c1-2-24(34)20-14-22-23(15-21(20)30)33(28(32-22)17-6-4-7-18(29)13-17)19-8-3-5-16(11-19)12-25(35)26-9-10-27(31)36-26/h4,6-7,9-10,13-16,19H,2-3,5,8,11-12H2,1H3/t16-,19?/m1/s1. The maximum absolute atomic E-state index is 15.0. The number of imidazole rings is 1. The smallest absolute Gasteiger partial charge is 0.177 e. The van der Waals surface area contributed by atoms with Gasteiger partial charge in [-0.3, -0.25) is 9.59 Å². The summed E-state index contributed by atoms with van der Waals surface area (Å²) in [6, 6.07) is 11.6. The van der Waals surface area contributed by atoms with Crippen LogP contribution in [-0.4, -0.2) is 21.1 Å². The summed E-state index contributed by atoms with van der Waals surface area (Å²) in [5.74, 6) is -0.827. The number of halogens is 3. The number of hydrogen-bond donors (Lipinski definition) is 0. The average molecular weight is 511 g/mol. The molecule has 0 spiro atoms. The van der Waals surface area contributed by atoms with Crippen LogP contribution in [0.3, 0.4) is 0 Å². The quantitative estimate of drug-likeness (QED) is 0.239. The van der Waals surface area contributed by atoms with Crippen LogP contribution in [0.25, 0.3) is 22.4 Å². The second-order valence-corrected chi connectivity index (χ2v) is 10.4. The second-order valence-electron chi connectivity index (χ2n) is 9.33. The van der Waals surface area contributed by atoms with E-state index in [1.807, 2.05) is 4.57 Å². The van der Waals surface area contributed by atoms with E-state index in [2.05, 4.69) is 0 Å². The lowest BCUT2D eigenvalue weighted by atomic mass is 9.82. The van der Waals surface area contributed by atoms with Crippen LogP contribution in [0, 0.1) is 22.7 Å². The summed E-state index contributed by atoms with van der Waals surface area (Å²) in [5, 5.41) is -0.382. The first kappa shape index (κ1) is 24.4. The van der Waals surface area contributed by atoms with Crippen molar-refractivity contribution in [3.05, 3.63) is 75.7 Å². The fraction of sp³-hybridized carbons (Fsp3) is 0.321. The van der Waals surface area contributed by atoms with Gasteiger partial charge in [0.1, 0.15) is 17.5 Å². The van der Waals surface area contributed by atoms with Crippen LogP contribution in [0.5, 0.6) is 0 Å². The molecule has 2 aromatic carbocycles. The van der Waals surface area contributed by atoms with Gasteiger partial charge in [-0.1, -0.05) is 25.5 Å². The first-order chi connectivity index (χ1) is 17.3. The lowest BCUT2D eigenvalue weighted by Crippen LogP contribution is -2.22. The van der Waals surface area contributed by atoms with Crippen molar-refractivity contribution in [3.63, 3.8) is 0 Å². The predicted octanol–water partition coefficient (Wildman–Crippen LogP) is 7.78. The predicted molar refractivity (Wildman–Crippen MR) is 134 cm³/mol. The van der Waals surface area contributed by atoms with Gasteiger partial charge in [0.25, 0.3) is 0 Å². The average Bonchev–Trinajstić information content (AvgIpc) is 3.46. The number of thiophene rings is 1. The number of nitrogens with zero attached hydrogens (tertiary/aromatic N) is 2. The Balaban J connectivity index is 1.54. The van der Waals surface area contributed by atoms with Crippen molar-refractivity contribution in [2.24, 2.45) is 5.92 Å². The molecule has 1 fully saturated rings. The summed E-state index contributed by atoms with van der Waals surface area (Å²) in [6.45, 7) is 1.68. The van der Waals surface area contributed by atoms with Crippen LogP contribution in [0.15, 0.2) is 48.5 Å². The normalized spacial score (nSPS) is 18.0. The Hall–Kier alpha value is -3.26. The van der Waals surface area contributed by atoms with Crippen molar-refractivity contribution in [1.82, 2.24) is 9.55 Å². The van der Waals surface area contributed by atoms with Crippen LogP contribution in [0.4, 0.5) is 13.2 Å². The molecule has 0 saturated heterocycles. The van der Waals surface area contributed by atoms with Gasteiger partial charge in [-0.15, -0.1) is 11.3 Å². The molecule has 1 saturated carbocycles. The highest BCUT2D eigenvalue weighted by molar-refractivity contribution is 7.12. The molecule has 1 unspecified atom stereocenters. The first-order valence-corrected chi connectivity index (χ1v) is 12.9. The molecular weight excluding hydrogens is 485 g/mol. The third-order valence-corrected chi connectivity index (χ3v) is 7.84. The largest absolute Gasteiger partial charge is 0.321 e. The zero-order chi connectivity index (χ0) is 25.4. The Morgan fingerprint density at radius 3 is 2.61 bits per heavy atom. The summed E-state index contributed by atoms with van der Waals surface area (Å²) in [5.41, 5.74) is 1.56. The summed E-state index contributed by atoms with van der Waals surface area (Å²) in [7, 11) is 0. The lowest BCUT2D eigenvalue weighted by Gasteiger charge is -2.31. The molecule has 8 heteroatoms. The van der Waals surface area contributed by atoms with Gasteiger partial charge in [0.15, 0.2) is 16.7 Å². The molecule has 1 aliphatic rings. The molecule has 1 aliphatic carbocycles. The molecule has 0 amide bonds. The Labute approximate surface area is 210 Å². The van der Waals surface area contributed by atoms with Gasteiger partial charge in [-0.05, 0) is 55.5 Å². The number of rotatable bonds is 7. The molecule has 2 heterocycles. The molecule has 5 rings (SSSR count). The lowest BCUT2D eigenvalue weighted by molar-refractivity contribution is 0.0944. The third-order valence-electron chi connectivity index (χ3n) is 6.93. The molecule has 0 aliphatic heterocycles. The van der Waals surface area contributed by atoms with Crippen LogP contribution >= 0.6 is 11.3 Å². The molecule has 2 atom stereocenters. The third kappa shape index (κ3) is 4.74. The van der Waals surface area contributed by atoms with E-state index in [4.69, 9.17) is 4.98 Å². The van der Waals surface area contributed by atoms with Crippen LogP contribution in [0.1, 0.15) is 71.5 Å². The zero-order valence-electron chi connectivity index (χ0n) is 19.8. The molecular formula is C28H25F3N2O2S. The number of carbonyl (C=O) groups is 2. The number of fused-ring (bicyclic) bond motifs is 1. The monoisotopic (exact) mass is 510 g/mol. The van der Waals surface area contributed by atoms with Gasteiger partial charge < -0.3 is 4.57 Å². The number of ketones is 2. The maximum Gasteiger partial charge on any atom is 0.177 e. The van der Waals surface area contributed by atoms with E-state index in [0.717, 1.165) is 30.6 Å². The molecule has 36 heavy (non-hydrogen) atoms. The molecule has 4 aromatic rings. The van der Waals surface area contributed by atoms with E-state index in [9.17, 15) is 18.4 Å².